The first-order valence-electron chi connectivity index (χ1n) is 12.8. The second-order valence-corrected chi connectivity index (χ2v) is 8.95. The molecule has 1 aliphatic heterocycles. The molecule has 1 unspecified atom stereocenters. The molecule has 196 valence electrons. The first-order chi connectivity index (χ1) is 17.6. The number of amides is 2. The molecule has 1 fully saturated rings. The Kier molecular flexibility index (Phi) is 11.7. The van der Waals surface area contributed by atoms with Crippen LogP contribution in [0.3, 0.4) is 0 Å². The van der Waals surface area contributed by atoms with E-state index in [1.165, 1.54) is 6.42 Å². The number of alkyl carbamates (subject to hydrolysis) is 1. The minimum Gasteiger partial charge on any atom is -0.450 e. The predicted octanol–water partition coefficient (Wildman–Crippen LogP) is 3.67. The Labute approximate surface area is 214 Å². The van der Waals surface area contributed by atoms with E-state index in [0.29, 0.717) is 37.8 Å². The molecule has 3 rings (SSSR count). The van der Waals surface area contributed by atoms with Gasteiger partial charge in [-0.25, -0.2) is 4.79 Å². The van der Waals surface area contributed by atoms with Crippen molar-refractivity contribution in [3.8, 4) is 0 Å². The van der Waals surface area contributed by atoms with Crippen molar-refractivity contribution in [3.63, 3.8) is 0 Å². The first kappa shape index (κ1) is 27.6. The molecule has 1 saturated heterocycles. The lowest BCUT2D eigenvalue weighted by Crippen LogP contribution is -2.41. The number of likely N-dealkylation sites (N-methyl/N-ethyl adjacent to an activating group) is 1. The van der Waals surface area contributed by atoms with Gasteiger partial charge in [0.15, 0.2) is 0 Å². The highest BCUT2D eigenvalue weighted by molar-refractivity contribution is 5.94. The fourth-order valence-electron chi connectivity index (χ4n) is 4.38. The van der Waals surface area contributed by atoms with Crippen molar-refractivity contribution in [1.29, 1.82) is 0 Å². The Morgan fingerprint density at radius 1 is 1.08 bits per heavy atom. The molecule has 36 heavy (non-hydrogen) atoms. The van der Waals surface area contributed by atoms with Gasteiger partial charge < -0.3 is 30.2 Å². The Hall–Kier alpha value is -2.94. The molecule has 2 amide bonds. The molecule has 2 aromatic carbocycles. The fourth-order valence-corrected chi connectivity index (χ4v) is 4.38. The molecule has 0 aromatic heterocycles. The van der Waals surface area contributed by atoms with Crippen LogP contribution >= 0.6 is 0 Å². The maximum absolute atomic E-state index is 13.0. The Bertz CT molecular complexity index is 934. The van der Waals surface area contributed by atoms with Crippen molar-refractivity contribution in [2.45, 2.75) is 38.3 Å². The number of carbonyl (C=O) groups is 2. The number of hydrogen-bond acceptors (Lipinski definition) is 6. The monoisotopic (exact) mass is 497 g/mol. The van der Waals surface area contributed by atoms with Crippen LogP contribution in [0.2, 0.25) is 0 Å². The van der Waals surface area contributed by atoms with Crippen LogP contribution in [0.4, 0.5) is 4.79 Å². The molecule has 2 aromatic rings. The summed E-state index contributed by atoms with van der Waals surface area (Å²) in [7, 11) is 1.93. The summed E-state index contributed by atoms with van der Waals surface area (Å²) in [6, 6.07) is 17.5. The van der Waals surface area contributed by atoms with Gasteiger partial charge in [-0.05, 0) is 62.4 Å². The summed E-state index contributed by atoms with van der Waals surface area (Å²) in [5, 5.41) is 9.07. The van der Waals surface area contributed by atoms with Gasteiger partial charge in [-0.3, -0.25) is 4.79 Å². The molecular weight excluding hydrogens is 458 g/mol. The number of ether oxygens (including phenoxy) is 3. The van der Waals surface area contributed by atoms with Crippen molar-refractivity contribution in [1.82, 2.24) is 16.0 Å². The van der Waals surface area contributed by atoms with Gasteiger partial charge in [-0.1, -0.05) is 42.5 Å². The average Bonchev–Trinajstić information content (AvgIpc) is 2.92. The largest absolute Gasteiger partial charge is 0.450 e. The molecular formula is C28H39N3O5. The normalized spacial score (nSPS) is 17.1. The van der Waals surface area contributed by atoms with Crippen molar-refractivity contribution in [2.75, 3.05) is 46.6 Å². The molecule has 3 N–H and O–H groups in total. The highest BCUT2D eigenvalue weighted by atomic mass is 16.5. The van der Waals surface area contributed by atoms with Crippen molar-refractivity contribution in [2.24, 2.45) is 5.92 Å². The molecule has 1 heterocycles. The number of hydrogen-bond donors (Lipinski definition) is 3. The number of benzene rings is 2. The van der Waals surface area contributed by atoms with Crippen LogP contribution in [0.1, 0.15) is 53.8 Å². The van der Waals surface area contributed by atoms with Crippen molar-refractivity contribution in [3.05, 3.63) is 71.3 Å². The SMILES string of the molecule is CCOC(=O)NCCOC(c1ccccc1)c1cccc(C(=O)NC[C@H](C[C@H]2CCCOC2)NC)c1. The summed E-state index contributed by atoms with van der Waals surface area (Å²) in [5.41, 5.74) is 2.42. The zero-order valence-corrected chi connectivity index (χ0v) is 21.3. The fraction of sp³-hybridized carbons (Fsp3) is 0.500. The Morgan fingerprint density at radius 2 is 1.89 bits per heavy atom. The Morgan fingerprint density at radius 3 is 2.61 bits per heavy atom. The van der Waals surface area contributed by atoms with E-state index in [1.54, 1.807) is 6.92 Å². The zero-order valence-electron chi connectivity index (χ0n) is 21.3. The Balaban J connectivity index is 1.62. The van der Waals surface area contributed by atoms with Crippen LogP contribution in [-0.2, 0) is 14.2 Å². The second kappa shape index (κ2) is 15.2. The van der Waals surface area contributed by atoms with Gasteiger partial charge in [0.1, 0.15) is 6.10 Å². The van der Waals surface area contributed by atoms with Crippen LogP contribution in [0.15, 0.2) is 54.6 Å². The van der Waals surface area contributed by atoms with E-state index in [9.17, 15) is 9.59 Å². The third kappa shape index (κ3) is 8.93. The second-order valence-electron chi connectivity index (χ2n) is 8.95. The van der Waals surface area contributed by atoms with Crippen LogP contribution in [-0.4, -0.2) is 64.6 Å². The summed E-state index contributed by atoms with van der Waals surface area (Å²) in [5.74, 6) is 0.409. The summed E-state index contributed by atoms with van der Waals surface area (Å²) in [6.45, 7) is 4.89. The minimum absolute atomic E-state index is 0.118. The number of nitrogens with one attached hydrogen (secondary N) is 3. The van der Waals surface area contributed by atoms with Crippen LogP contribution in [0, 0.1) is 5.92 Å². The number of rotatable bonds is 13. The van der Waals surface area contributed by atoms with E-state index >= 15 is 0 Å². The number of carbonyl (C=O) groups excluding carboxylic acids is 2. The van der Waals surface area contributed by atoms with E-state index in [4.69, 9.17) is 14.2 Å². The van der Waals surface area contributed by atoms with E-state index in [2.05, 4.69) is 16.0 Å². The van der Waals surface area contributed by atoms with Gasteiger partial charge in [0.2, 0.25) is 0 Å². The van der Waals surface area contributed by atoms with Crippen LogP contribution in [0.5, 0.6) is 0 Å². The zero-order chi connectivity index (χ0) is 25.6. The molecule has 0 aliphatic carbocycles. The maximum Gasteiger partial charge on any atom is 0.407 e. The van der Waals surface area contributed by atoms with Gasteiger partial charge in [0.25, 0.3) is 5.91 Å². The quantitative estimate of drug-likeness (QED) is 0.365. The van der Waals surface area contributed by atoms with E-state index in [1.807, 2.05) is 61.6 Å². The summed E-state index contributed by atoms with van der Waals surface area (Å²) < 4.78 is 16.6. The highest BCUT2D eigenvalue weighted by Crippen LogP contribution is 2.26. The lowest BCUT2D eigenvalue weighted by Gasteiger charge is -2.26. The third-order valence-electron chi connectivity index (χ3n) is 6.27. The molecule has 3 atom stereocenters. The first-order valence-corrected chi connectivity index (χ1v) is 12.8. The van der Waals surface area contributed by atoms with Gasteiger partial charge >= 0.3 is 6.09 Å². The van der Waals surface area contributed by atoms with E-state index in [-0.39, 0.29) is 18.1 Å². The van der Waals surface area contributed by atoms with E-state index < -0.39 is 6.09 Å². The smallest absolute Gasteiger partial charge is 0.407 e. The summed E-state index contributed by atoms with van der Waals surface area (Å²) >= 11 is 0. The lowest BCUT2D eigenvalue weighted by molar-refractivity contribution is 0.0478. The van der Waals surface area contributed by atoms with Crippen LogP contribution < -0.4 is 16.0 Å². The van der Waals surface area contributed by atoms with Crippen molar-refractivity contribution >= 4 is 12.0 Å². The molecule has 1 aliphatic rings. The molecule has 0 spiro atoms. The molecule has 0 radical (unpaired) electrons. The van der Waals surface area contributed by atoms with Crippen LogP contribution in [0.25, 0.3) is 0 Å². The van der Waals surface area contributed by atoms with Gasteiger partial charge in [0, 0.05) is 37.9 Å². The maximum atomic E-state index is 13.0. The third-order valence-corrected chi connectivity index (χ3v) is 6.27. The summed E-state index contributed by atoms with van der Waals surface area (Å²) in [4.78, 5) is 24.5. The average molecular weight is 498 g/mol. The summed E-state index contributed by atoms with van der Waals surface area (Å²) in [6.07, 6.45) is 2.40. The molecule has 0 saturated carbocycles. The molecule has 8 nitrogen and oxygen atoms in total. The molecule has 0 bridgehead atoms. The molecule has 8 heteroatoms. The standard InChI is InChI=1S/C28H39N3O5/c1-3-35-28(33)30-14-16-36-26(22-10-5-4-6-11-22)23-12-7-13-24(18-23)27(32)31-19-25(29-2)17-21-9-8-15-34-20-21/h4-7,10-13,18,21,25-26,29H,3,8-9,14-17,19-20H2,1-2H3,(H,30,33)(H,31,32)/t21-,25+,26?/m1/s1. The topological polar surface area (TPSA) is 97.9 Å². The van der Waals surface area contributed by atoms with Gasteiger partial charge in [0.05, 0.1) is 13.2 Å². The highest BCUT2D eigenvalue weighted by Gasteiger charge is 2.20. The van der Waals surface area contributed by atoms with Gasteiger partial charge in [-0.15, -0.1) is 0 Å². The lowest BCUT2D eigenvalue weighted by atomic mass is 9.94. The van der Waals surface area contributed by atoms with Gasteiger partial charge in [-0.2, -0.15) is 0 Å². The predicted molar refractivity (Wildman–Crippen MR) is 139 cm³/mol. The minimum atomic E-state index is -0.466. The van der Waals surface area contributed by atoms with E-state index in [0.717, 1.165) is 37.2 Å². The van der Waals surface area contributed by atoms with Crippen molar-refractivity contribution < 1.29 is 23.8 Å².